The summed E-state index contributed by atoms with van der Waals surface area (Å²) in [6.45, 7) is 21.4. The number of anilines is 6. The van der Waals surface area contributed by atoms with Crippen LogP contribution in [0, 0.1) is 0 Å². The van der Waals surface area contributed by atoms with Crippen LogP contribution in [0.15, 0.2) is 206 Å². The second-order valence-corrected chi connectivity index (χ2v) is 33.5. The molecule has 15 aromatic rings. The fourth-order valence-corrected chi connectivity index (χ4v) is 20.3. The summed E-state index contributed by atoms with van der Waals surface area (Å²) in [5.41, 5.74) is 17.4. The highest BCUT2D eigenvalue weighted by Crippen LogP contribution is 2.55. The first-order chi connectivity index (χ1) is 41.9. The fraction of sp³-hybridized carbons (Fsp3) is 0.154. The molecule has 0 fully saturated rings. The van der Waals surface area contributed by atoms with E-state index in [1.165, 1.54) is 168 Å². The van der Waals surface area contributed by atoms with E-state index in [0.29, 0.717) is 0 Å². The predicted octanol–water partition coefficient (Wildman–Crippen LogP) is 23.6. The molecule has 2 aliphatic rings. The number of hydrogen-bond acceptors (Lipinski definition) is 8. The average Bonchev–Trinajstić information content (AvgIpc) is 1.64. The van der Waals surface area contributed by atoms with Gasteiger partial charge in [0.05, 0.1) is 11.4 Å². The highest BCUT2D eigenvalue weighted by atomic mass is 32.1. The maximum Gasteiger partial charge on any atom is 0.277 e. The van der Waals surface area contributed by atoms with Crippen molar-refractivity contribution in [3.05, 3.63) is 223 Å². The third kappa shape index (κ3) is 8.77. The molecule has 422 valence electrons. The summed E-state index contributed by atoms with van der Waals surface area (Å²) in [5.74, 6) is 0. The van der Waals surface area contributed by atoms with Crippen LogP contribution < -0.4 is 24.8 Å². The summed E-state index contributed by atoms with van der Waals surface area (Å²) in [5, 5.41) is 7.74. The van der Waals surface area contributed by atoms with Crippen molar-refractivity contribution in [2.24, 2.45) is 0 Å². The molecule has 0 spiro atoms. The molecule has 0 atom stereocenters. The van der Waals surface area contributed by atoms with Crippen LogP contribution in [0.2, 0.25) is 0 Å². The van der Waals surface area contributed by atoms with Gasteiger partial charge in [-0.05, 0) is 204 Å². The predicted molar refractivity (Wildman–Crippen MR) is 391 cm³/mol. The standard InChI is InChI=1S/C78H61BN2S6/c1-76(2,3)52-26-28-65-57(40-52)72-74(86-65)79-71-59(80(72)55-32-48(67-36-44-18-10-14-22-61(44)82-67)30-49(33-55)68-37-45-19-11-15-23-62(45)83-68)42-54(78(7,8)9)43-60(71)81(73-58-41-53(77(4,5)6)27-29-66(58)87-75(73)79)56-34-50(69-38-46-20-12-16-24-63(46)84-69)31-51(35-56)70-39-47-21-13-17-25-64(47)85-70/h10-43H,1-9H3. The van der Waals surface area contributed by atoms with E-state index in [2.05, 4.69) is 278 Å². The molecule has 2 aliphatic heterocycles. The summed E-state index contributed by atoms with van der Waals surface area (Å²) < 4.78 is 10.6. The van der Waals surface area contributed by atoms with Crippen molar-refractivity contribution in [2.45, 2.75) is 78.6 Å². The molecule has 0 amide bonds. The van der Waals surface area contributed by atoms with E-state index in [9.17, 15) is 0 Å². The SMILES string of the molecule is CC(C)(C)c1cc2c3c(c1)N(c1cc(-c4cc5ccccc5s4)cc(-c4cc5ccccc5s4)c1)c1c(sc4ccc(C(C)(C)C)cc14)B3c1sc3ccc(C(C)(C)C)cc3c1N2c1cc(-c2cc3ccccc3s2)cc(-c2cc3ccccc3s2)c1. The molecule has 0 radical (unpaired) electrons. The summed E-state index contributed by atoms with van der Waals surface area (Å²) in [6.07, 6.45) is 0. The lowest BCUT2D eigenvalue weighted by Gasteiger charge is -2.43. The van der Waals surface area contributed by atoms with Gasteiger partial charge in [0.25, 0.3) is 6.71 Å². The first-order valence-corrected chi connectivity index (χ1v) is 35.0. The van der Waals surface area contributed by atoms with Gasteiger partial charge in [0.15, 0.2) is 0 Å². The minimum Gasteiger partial charge on any atom is -0.310 e. The number of benzene rings is 9. The molecular weight excluding hydrogens is 1170 g/mol. The second-order valence-electron chi connectivity index (χ2n) is 27.0. The Hall–Kier alpha value is -7.60. The van der Waals surface area contributed by atoms with Gasteiger partial charge in [-0.25, -0.2) is 0 Å². The number of nitrogens with zero attached hydrogens (tertiary/aromatic N) is 2. The van der Waals surface area contributed by atoms with E-state index in [1.54, 1.807) is 0 Å². The zero-order valence-electron chi connectivity index (χ0n) is 50.1. The van der Waals surface area contributed by atoms with Crippen molar-refractivity contribution < 1.29 is 0 Å². The molecule has 0 saturated heterocycles. The van der Waals surface area contributed by atoms with Crippen molar-refractivity contribution in [3.8, 4) is 41.8 Å². The lowest BCUT2D eigenvalue weighted by atomic mass is 9.39. The molecule has 0 aliphatic carbocycles. The Labute approximate surface area is 533 Å². The second kappa shape index (κ2) is 19.5. The molecule has 17 rings (SSSR count). The van der Waals surface area contributed by atoms with E-state index in [4.69, 9.17) is 0 Å². The minimum absolute atomic E-state index is 0.0341. The van der Waals surface area contributed by atoms with E-state index in [-0.39, 0.29) is 23.0 Å². The summed E-state index contributed by atoms with van der Waals surface area (Å²) >= 11 is 11.6. The van der Waals surface area contributed by atoms with Gasteiger partial charge in [-0.15, -0.1) is 68.0 Å². The van der Waals surface area contributed by atoms with Gasteiger partial charge in [-0.1, -0.05) is 147 Å². The van der Waals surface area contributed by atoms with Gasteiger partial charge in [-0.3, -0.25) is 0 Å². The Morgan fingerprint density at radius 3 is 0.931 bits per heavy atom. The van der Waals surface area contributed by atoms with Crippen LogP contribution in [0.4, 0.5) is 34.1 Å². The van der Waals surface area contributed by atoms with Crippen molar-refractivity contribution in [1.29, 1.82) is 0 Å². The van der Waals surface area contributed by atoms with Crippen LogP contribution in [0.1, 0.15) is 79.0 Å². The Kier molecular flexibility index (Phi) is 12.0. The third-order valence-corrected chi connectivity index (χ3v) is 25.2. The average molecular weight is 1230 g/mol. The molecular formula is C78H61BN2S6. The van der Waals surface area contributed by atoms with Crippen LogP contribution in [0.5, 0.6) is 0 Å². The molecule has 0 bridgehead atoms. The molecule has 0 unspecified atom stereocenters. The first kappa shape index (κ1) is 53.6. The summed E-state index contributed by atoms with van der Waals surface area (Å²) in [6, 6.07) is 80.1. The van der Waals surface area contributed by atoms with Crippen LogP contribution in [0.3, 0.4) is 0 Å². The van der Waals surface area contributed by atoms with Gasteiger partial charge < -0.3 is 9.80 Å². The first-order valence-electron chi connectivity index (χ1n) is 30.1. The molecule has 8 heterocycles. The van der Waals surface area contributed by atoms with Crippen molar-refractivity contribution in [3.63, 3.8) is 0 Å². The highest BCUT2D eigenvalue weighted by Gasteiger charge is 2.48. The molecule has 9 aromatic carbocycles. The van der Waals surface area contributed by atoms with E-state index in [0.717, 1.165) is 0 Å². The number of hydrogen-bond donors (Lipinski definition) is 0. The highest BCUT2D eigenvalue weighted by molar-refractivity contribution is 7.41. The molecule has 0 saturated carbocycles. The summed E-state index contributed by atoms with van der Waals surface area (Å²) in [7, 11) is 0. The van der Waals surface area contributed by atoms with Crippen molar-refractivity contribution in [1.82, 2.24) is 0 Å². The van der Waals surface area contributed by atoms with Crippen LogP contribution in [-0.4, -0.2) is 6.71 Å². The molecule has 6 aromatic heterocycles. The smallest absolute Gasteiger partial charge is 0.277 e. The maximum atomic E-state index is 2.74. The lowest BCUT2D eigenvalue weighted by Crippen LogP contribution is -2.59. The van der Waals surface area contributed by atoms with Gasteiger partial charge in [0.2, 0.25) is 0 Å². The van der Waals surface area contributed by atoms with Crippen LogP contribution in [0.25, 0.3) is 102 Å². The topological polar surface area (TPSA) is 6.48 Å². The Morgan fingerprint density at radius 1 is 0.299 bits per heavy atom. The molecule has 2 nitrogen and oxygen atoms in total. The maximum absolute atomic E-state index is 2.74. The Bertz CT molecular complexity index is 4710. The summed E-state index contributed by atoms with van der Waals surface area (Å²) in [4.78, 5) is 10.6. The monoisotopic (exact) mass is 1230 g/mol. The van der Waals surface area contributed by atoms with E-state index in [1.807, 2.05) is 68.0 Å². The van der Waals surface area contributed by atoms with Gasteiger partial charge in [-0.2, -0.15) is 0 Å². The number of fused-ring (bicyclic) bond motifs is 12. The normalized spacial score (nSPS) is 13.5. The Balaban J connectivity index is 1.00. The van der Waals surface area contributed by atoms with E-state index >= 15 is 0 Å². The van der Waals surface area contributed by atoms with E-state index < -0.39 is 0 Å². The van der Waals surface area contributed by atoms with Crippen molar-refractivity contribution >= 4 is 184 Å². The van der Waals surface area contributed by atoms with Gasteiger partial charge in [0, 0.05) is 90.8 Å². The van der Waals surface area contributed by atoms with Gasteiger partial charge >= 0.3 is 0 Å². The quantitative estimate of drug-likeness (QED) is 0.153. The number of rotatable bonds is 6. The molecule has 0 N–H and O–H groups in total. The number of thiophene rings is 6. The third-order valence-electron chi connectivity index (χ3n) is 18.0. The van der Waals surface area contributed by atoms with Crippen molar-refractivity contribution in [2.75, 3.05) is 9.80 Å². The molecule has 87 heavy (non-hydrogen) atoms. The fourth-order valence-electron chi connectivity index (χ4n) is 13.4. The van der Waals surface area contributed by atoms with Crippen LogP contribution in [-0.2, 0) is 16.2 Å². The molecule has 9 heteroatoms. The van der Waals surface area contributed by atoms with Crippen LogP contribution >= 0.6 is 68.0 Å². The Morgan fingerprint density at radius 2 is 0.621 bits per heavy atom. The largest absolute Gasteiger partial charge is 0.310 e. The lowest BCUT2D eigenvalue weighted by molar-refractivity contribution is 0.590. The zero-order chi connectivity index (χ0) is 59.0. The minimum atomic E-state index is -0.215. The zero-order valence-corrected chi connectivity index (χ0v) is 55.0. The van der Waals surface area contributed by atoms with Gasteiger partial charge in [0.1, 0.15) is 0 Å².